The van der Waals surface area contributed by atoms with Gasteiger partial charge in [0, 0.05) is 136 Å². The smallest absolute Gasteiger partial charge is 0.367 e. The van der Waals surface area contributed by atoms with E-state index in [1.807, 2.05) is 16.8 Å². The Morgan fingerprint density at radius 1 is 0.632 bits per heavy atom. The second kappa shape index (κ2) is 26.4. The number of hydrogen-bond donors (Lipinski definition) is 6. The summed E-state index contributed by atoms with van der Waals surface area (Å²) in [7, 11) is 1.94. The van der Waals surface area contributed by atoms with Crippen LogP contribution in [0.15, 0.2) is 94.9 Å². The topological polar surface area (TPSA) is 174 Å². The average Bonchev–Trinajstić information content (AvgIpc) is 1.31. The zero-order valence-electron chi connectivity index (χ0n) is 48.5. The van der Waals surface area contributed by atoms with Crippen LogP contribution in [0.2, 0.25) is 0 Å². The summed E-state index contributed by atoms with van der Waals surface area (Å²) < 4.78 is 133. The summed E-state index contributed by atoms with van der Waals surface area (Å²) in [6.45, 7) is 8.24. The second-order valence-electron chi connectivity index (χ2n) is 23.5. The van der Waals surface area contributed by atoms with Gasteiger partial charge in [-0.3, -0.25) is 24.1 Å². The third-order valence-electron chi connectivity index (χ3n) is 17.5. The minimum atomic E-state index is -5.05. The number of carbonyl (C=O) groups excluding carboxylic acids is 2. The Balaban J connectivity index is 0.861. The molecule has 2 saturated heterocycles. The number of amides is 2. The van der Waals surface area contributed by atoms with Crippen molar-refractivity contribution in [3.05, 3.63) is 157 Å². The predicted molar refractivity (Wildman–Crippen MR) is 315 cm³/mol. The number of H-pyrrole nitrogens is 2. The van der Waals surface area contributed by atoms with Crippen LogP contribution in [0.3, 0.4) is 0 Å². The molecule has 6 aromatic rings. The fraction of sp³-hybridized carbons (Fsp3) is 0.444. The van der Waals surface area contributed by atoms with Crippen LogP contribution in [0.25, 0.3) is 22.3 Å². The standard InChI is InChI=1S/C63H70F9N11O4/c1-36-33-82(55-18-14-39(24-53(55)78-60(86)45-30-75-56(84)26-48(45)62(67,68)69)43-15-17-51(65)47(58(43)66)32-73-42-10-5-4-6-11-42)34-37(2)83(36)35-40-9-7-8-12-52(40)74-28-38-13-16-50(64)44(23-38)41-25-54(59(77-29-41)81-21-19-80(3)20-22-81)79-61(87)46-31-76-57(85)27-49(46)63(70,71)72/h13-18,23-27,29-31,36-37,40,42,52,73-74H,4-12,19-22,28,32-35H2,1-3H3,(H,75,84)(H,76,85)(H,78,86)(H,79,87)/t36-,37+,40?,52?. The van der Waals surface area contributed by atoms with Crippen molar-refractivity contribution in [1.29, 1.82) is 0 Å². The van der Waals surface area contributed by atoms with Crippen molar-refractivity contribution in [3.8, 4) is 22.3 Å². The van der Waals surface area contributed by atoms with Crippen LogP contribution in [-0.2, 0) is 25.4 Å². The Morgan fingerprint density at radius 3 is 1.87 bits per heavy atom. The highest BCUT2D eigenvalue weighted by atomic mass is 19.4. The van der Waals surface area contributed by atoms with E-state index in [1.165, 1.54) is 36.5 Å². The Labute approximate surface area is 497 Å². The number of likely N-dealkylation sites (N-methyl/N-ethyl adjacent to an activating group) is 1. The summed E-state index contributed by atoms with van der Waals surface area (Å²) in [5.41, 5.74) is -4.71. The molecule has 464 valence electrons. The monoisotopic (exact) mass is 1220 g/mol. The van der Waals surface area contributed by atoms with E-state index in [0.29, 0.717) is 82.6 Å². The SMILES string of the molecule is C[C@@H]1CN(c2ccc(-c3ccc(F)c(CNC4CCCCC4)c3F)cc2NC(=O)c2c[nH]c(=O)cc2C(F)(F)F)C[C@H](C)N1CC1CCCCC1NCc1ccc(F)c(-c2cnc(N3CCN(C)CC3)c(NC(=O)c3c[nH]c(=O)cc3C(F)(F)F)c2)c1. The van der Waals surface area contributed by atoms with Crippen molar-refractivity contribution < 1.29 is 49.1 Å². The maximum atomic E-state index is 16.5. The summed E-state index contributed by atoms with van der Waals surface area (Å²) in [6.07, 6.45) is 1.48. The van der Waals surface area contributed by atoms with Gasteiger partial charge in [0.1, 0.15) is 17.5 Å². The molecule has 2 saturated carbocycles. The van der Waals surface area contributed by atoms with Gasteiger partial charge in [-0.05, 0) is 106 Å². The number of halogens is 9. The van der Waals surface area contributed by atoms with Crippen LogP contribution in [-0.4, -0.2) is 114 Å². The van der Waals surface area contributed by atoms with E-state index < -0.39 is 75.0 Å². The molecule has 4 fully saturated rings. The Bertz CT molecular complexity index is 3590. The largest absolute Gasteiger partial charge is 0.417 e. The van der Waals surface area contributed by atoms with Gasteiger partial charge in [-0.15, -0.1) is 0 Å². The molecule has 2 aliphatic carbocycles. The Morgan fingerprint density at radius 2 is 1.23 bits per heavy atom. The number of alkyl halides is 6. The maximum absolute atomic E-state index is 16.5. The fourth-order valence-corrected chi connectivity index (χ4v) is 12.8. The normalized spacial score (nSPS) is 20.2. The molecule has 4 aliphatic rings. The van der Waals surface area contributed by atoms with E-state index in [1.54, 1.807) is 24.3 Å². The molecule has 2 aliphatic heterocycles. The van der Waals surface area contributed by atoms with Gasteiger partial charge in [0.05, 0.1) is 39.3 Å². The highest BCUT2D eigenvalue weighted by Crippen LogP contribution is 2.40. The zero-order chi connectivity index (χ0) is 61.9. The highest BCUT2D eigenvalue weighted by molar-refractivity contribution is 6.08. The number of anilines is 4. The lowest BCUT2D eigenvalue weighted by atomic mass is 9.83. The van der Waals surface area contributed by atoms with Crippen molar-refractivity contribution in [2.45, 2.75) is 121 Å². The lowest BCUT2D eigenvalue weighted by Crippen LogP contribution is -2.59. The van der Waals surface area contributed by atoms with Crippen molar-refractivity contribution in [1.82, 2.24) is 35.4 Å². The summed E-state index contributed by atoms with van der Waals surface area (Å²) in [5, 5.41) is 12.3. The number of benzene rings is 3. The van der Waals surface area contributed by atoms with Crippen molar-refractivity contribution in [2.75, 3.05) is 73.3 Å². The van der Waals surface area contributed by atoms with Crippen molar-refractivity contribution in [2.24, 2.45) is 5.92 Å². The van der Waals surface area contributed by atoms with Gasteiger partial charge in [0.25, 0.3) is 11.8 Å². The molecule has 2 amide bonds. The number of aromatic nitrogens is 3. The highest BCUT2D eigenvalue weighted by Gasteiger charge is 2.39. The Hall–Kier alpha value is -7.54. The van der Waals surface area contributed by atoms with Crippen molar-refractivity contribution >= 4 is 34.7 Å². The van der Waals surface area contributed by atoms with Gasteiger partial charge in [-0.2, -0.15) is 26.3 Å². The number of pyridine rings is 3. The number of piperazine rings is 2. The molecule has 5 heterocycles. The van der Waals surface area contributed by atoms with Crippen LogP contribution in [0, 0.1) is 23.4 Å². The van der Waals surface area contributed by atoms with E-state index in [4.69, 9.17) is 0 Å². The first-order valence-electron chi connectivity index (χ1n) is 29.5. The molecule has 3 aromatic heterocycles. The third-order valence-corrected chi connectivity index (χ3v) is 17.5. The first-order valence-corrected chi connectivity index (χ1v) is 29.5. The molecule has 0 spiro atoms. The molecule has 4 atom stereocenters. The quantitative estimate of drug-likeness (QED) is 0.0509. The van der Waals surface area contributed by atoms with Gasteiger partial charge < -0.3 is 45.9 Å². The molecule has 87 heavy (non-hydrogen) atoms. The number of nitrogens with zero attached hydrogens (tertiary/aromatic N) is 5. The van der Waals surface area contributed by atoms with Crippen LogP contribution >= 0.6 is 0 Å². The van der Waals surface area contributed by atoms with Gasteiger partial charge in [-0.1, -0.05) is 44.2 Å². The van der Waals surface area contributed by atoms with E-state index in [-0.39, 0.29) is 81.6 Å². The van der Waals surface area contributed by atoms with Crippen LogP contribution in [0.5, 0.6) is 0 Å². The third kappa shape index (κ3) is 14.6. The maximum Gasteiger partial charge on any atom is 0.417 e. The predicted octanol–water partition coefficient (Wildman–Crippen LogP) is 11.2. The number of hydrogen-bond acceptors (Lipinski definition) is 11. The molecule has 0 bridgehead atoms. The van der Waals surface area contributed by atoms with Gasteiger partial charge in [0.15, 0.2) is 5.82 Å². The Kier molecular flexibility index (Phi) is 19.0. The fourth-order valence-electron chi connectivity index (χ4n) is 12.8. The van der Waals surface area contributed by atoms with E-state index in [9.17, 15) is 45.5 Å². The van der Waals surface area contributed by atoms with Crippen LogP contribution in [0.1, 0.15) is 115 Å². The zero-order valence-corrected chi connectivity index (χ0v) is 48.5. The number of carbonyl (C=O) groups is 2. The summed E-state index contributed by atoms with van der Waals surface area (Å²) in [4.78, 5) is 69.0. The van der Waals surface area contributed by atoms with E-state index >= 15 is 13.2 Å². The van der Waals surface area contributed by atoms with E-state index in [0.717, 1.165) is 63.4 Å². The first-order chi connectivity index (χ1) is 41.5. The summed E-state index contributed by atoms with van der Waals surface area (Å²) >= 11 is 0. The molecular weight excluding hydrogens is 1150 g/mol. The first kappa shape index (κ1) is 62.5. The molecule has 2 unspecified atom stereocenters. The number of aromatic amines is 2. The molecule has 3 aromatic carbocycles. The van der Waals surface area contributed by atoms with E-state index in [2.05, 4.69) is 59.9 Å². The second-order valence-corrected chi connectivity index (χ2v) is 23.5. The molecule has 24 heteroatoms. The molecular formula is C63H70F9N11O4. The van der Waals surface area contributed by atoms with Crippen molar-refractivity contribution in [3.63, 3.8) is 0 Å². The minimum absolute atomic E-state index is 0.0301. The molecule has 6 N–H and O–H groups in total. The number of rotatable bonds is 16. The van der Waals surface area contributed by atoms with Crippen LogP contribution in [0.4, 0.5) is 62.4 Å². The molecule has 0 radical (unpaired) electrons. The number of nitrogens with one attached hydrogen (secondary N) is 6. The molecule has 15 nitrogen and oxygen atoms in total. The minimum Gasteiger partial charge on any atom is -0.367 e. The van der Waals surface area contributed by atoms with Gasteiger partial charge >= 0.3 is 12.4 Å². The lowest BCUT2D eigenvalue weighted by Gasteiger charge is -2.48. The van der Waals surface area contributed by atoms with Gasteiger partial charge in [0.2, 0.25) is 11.1 Å². The molecule has 10 rings (SSSR count). The lowest BCUT2D eigenvalue weighted by molar-refractivity contribution is -0.138. The van der Waals surface area contributed by atoms with Gasteiger partial charge in [-0.25, -0.2) is 18.2 Å². The average molecular weight is 1220 g/mol. The summed E-state index contributed by atoms with van der Waals surface area (Å²) in [5.74, 6) is -3.98. The summed E-state index contributed by atoms with van der Waals surface area (Å²) in [6, 6.07) is 14.0. The van der Waals surface area contributed by atoms with Crippen LogP contribution < -0.4 is 42.2 Å².